The van der Waals surface area contributed by atoms with E-state index in [0.29, 0.717) is 17.2 Å². The number of primary amides is 1. The highest BCUT2D eigenvalue weighted by molar-refractivity contribution is 5.94. The molecule has 1 aliphatic rings. The number of benzene rings is 1. The Morgan fingerprint density at radius 2 is 2.05 bits per heavy atom. The lowest BCUT2D eigenvalue weighted by atomic mass is 9.93. The van der Waals surface area contributed by atoms with Crippen molar-refractivity contribution in [1.82, 2.24) is 4.90 Å². The molecule has 1 heterocycles. The molecule has 2 rings (SSSR count). The van der Waals surface area contributed by atoms with Gasteiger partial charge in [-0.3, -0.25) is 9.59 Å². The number of likely N-dealkylation sites (tertiary alicyclic amines) is 1. The van der Waals surface area contributed by atoms with Gasteiger partial charge in [0.1, 0.15) is 5.75 Å². The summed E-state index contributed by atoms with van der Waals surface area (Å²) in [5, 5.41) is 0. The average Bonchev–Trinajstić information content (AvgIpc) is 2.53. The topological polar surface area (TPSA) is 72.6 Å². The van der Waals surface area contributed by atoms with Crippen LogP contribution in [0.5, 0.6) is 5.75 Å². The molecule has 1 unspecified atom stereocenters. The lowest BCUT2D eigenvalue weighted by molar-refractivity contribution is -0.119. The van der Waals surface area contributed by atoms with Crippen molar-refractivity contribution in [2.75, 3.05) is 19.7 Å². The van der Waals surface area contributed by atoms with Gasteiger partial charge in [0.2, 0.25) is 0 Å². The Labute approximate surface area is 131 Å². The highest BCUT2D eigenvalue weighted by Gasteiger charge is 2.23. The van der Waals surface area contributed by atoms with Gasteiger partial charge in [-0.1, -0.05) is 13.3 Å². The van der Waals surface area contributed by atoms with Crippen LogP contribution in [0.3, 0.4) is 0 Å². The smallest absolute Gasteiger partial charge is 0.255 e. The van der Waals surface area contributed by atoms with Crippen molar-refractivity contribution in [2.24, 2.45) is 11.7 Å². The number of amides is 2. The van der Waals surface area contributed by atoms with Gasteiger partial charge < -0.3 is 15.4 Å². The Balaban J connectivity index is 1.95. The second-order valence-corrected chi connectivity index (χ2v) is 5.83. The van der Waals surface area contributed by atoms with Crippen LogP contribution in [0.4, 0.5) is 0 Å². The molecule has 1 aromatic carbocycles. The molecule has 2 N–H and O–H groups in total. The molecule has 120 valence electrons. The molecule has 0 radical (unpaired) electrons. The third kappa shape index (κ3) is 4.48. The summed E-state index contributed by atoms with van der Waals surface area (Å²) in [5.74, 6) is 0.719. The summed E-state index contributed by atoms with van der Waals surface area (Å²) in [6.45, 7) is 3.72. The molecular formula is C17H24N2O3. The molecular weight excluding hydrogens is 280 g/mol. The second-order valence-electron chi connectivity index (χ2n) is 5.83. The van der Waals surface area contributed by atoms with Gasteiger partial charge >= 0.3 is 0 Å². The van der Waals surface area contributed by atoms with Crippen LogP contribution in [0.1, 0.15) is 43.0 Å². The Morgan fingerprint density at radius 1 is 1.32 bits per heavy atom. The molecule has 1 saturated heterocycles. The van der Waals surface area contributed by atoms with Gasteiger partial charge in [-0.05, 0) is 49.4 Å². The SMILES string of the molecule is CCCC1CCCN(C(=O)c2ccc(OCC(N)=O)cc2)C1. The van der Waals surface area contributed by atoms with Crippen molar-refractivity contribution in [3.05, 3.63) is 29.8 Å². The highest BCUT2D eigenvalue weighted by Crippen LogP contribution is 2.23. The van der Waals surface area contributed by atoms with Crippen LogP contribution in [-0.2, 0) is 4.79 Å². The fraction of sp³-hybridized carbons (Fsp3) is 0.529. The van der Waals surface area contributed by atoms with E-state index in [1.165, 1.54) is 19.3 Å². The molecule has 0 aromatic heterocycles. The van der Waals surface area contributed by atoms with Crippen molar-refractivity contribution in [3.8, 4) is 5.75 Å². The number of carbonyl (C=O) groups is 2. The van der Waals surface area contributed by atoms with E-state index in [2.05, 4.69) is 6.92 Å². The lowest BCUT2D eigenvalue weighted by Gasteiger charge is -2.32. The molecule has 1 fully saturated rings. The minimum Gasteiger partial charge on any atom is -0.484 e. The first-order chi connectivity index (χ1) is 10.6. The first kappa shape index (κ1) is 16.3. The summed E-state index contributed by atoms with van der Waals surface area (Å²) in [6.07, 6.45) is 4.65. The summed E-state index contributed by atoms with van der Waals surface area (Å²) in [7, 11) is 0. The summed E-state index contributed by atoms with van der Waals surface area (Å²) in [6, 6.07) is 6.87. The summed E-state index contributed by atoms with van der Waals surface area (Å²) in [5.41, 5.74) is 5.68. The first-order valence-corrected chi connectivity index (χ1v) is 7.90. The fourth-order valence-corrected chi connectivity index (χ4v) is 2.92. The molecule has 1 aromatic rings. The van der Waals surface area contributed by atoms with Gasteiger partial charge in [0.05, 0.1) is 0 Å². The van der Waals surface area contributed by atoms with E-state index < -0.39 is 5.91 Å². The Hall–Kier alpha value is -2.04. The second kappa shape index (κ2) is 7.82. The molecule has 0 bridgehead atoms. The van der Waals surface area contributed by atoms with Crippen LogP contribution in [0.25, 0.3) is 0 Å². The third-order valence-electron chi connectivity index (χ3n) is 3.99. The predicted molar refractivity (Wildman–Crippen MR) is 84.7 cm³/mol. The monoisotopic (exact) mass is 304 g/mol. The van der Waals surface area contributed by atoms with Crippen LogP contribution >= 0.6 is 0 Å². The largest absolute Gasteiger partial charge is 0.484 e. The van der Waals surface area contributed by atoms with Crippen LogP contribution in [0.2, 0.25) is 0 Å². The number of hydrogen-bond donors (Lipinski definition) is 1. The predicted octanol–water partition coefficient (Wildman–Crippen LogP) is 2.20. The van der Waals surface area contributed by atoms with E-state index >= 15 is 0 Å². The third-order valence-corrected chi connectivity index (χ3v) is 3.99. The standard InChI is InChI=1S/C17H24N2O3/c1-2-4-13-5-3-10-19(11-13)17(21)14-6-8-15(9-7-14)22-12-16(18)20/h6-9,13H,2-5,10-12H2,1H3,(H2,18,20). The zero-order valence-electron chi connectivity index (χ0n) is 13.1. The van der Waals surface area contributed by atoms with Crippen molar-refractivity contribution in [1.29, 1.82) is 0 Å². The lowest BCUT2D eigenvalue weighted by Crippen LogP contribution is -2.39. The van der Waals surface area contributed by atoms with E-state index in [9.17, 15) is 9.59 Å². The number of carbonyl (C=O) groups excluding carboxylic acids is 2. The fourth-order valence-electron chi connectivity index (χ4n) is 2.92. The van der Waals surface area contributed by atoms with Crippen LogP contribution in [0.15, 0.2) is 24.3 Å². The Kier molecular flexibility index (Phi) is 5.81. The molecule has 0 aliphatic carbocycles. The zero-order valence-corrected chi connectivity index (χ0v) is 13.1. The van der Waals surface area contributed by atoms with Gasteiger partial charge in [0.25, 0.3) is 11.8 Å². The molecule has 0 spiro atoms. The van der Waals surface area contributed by atoms with Gasteiger partial charge in [0.15, 0.2) is 6.61 Å². The van der Waals surface area contributed by atoms with Crippen LogP contribution in [0, 0.1) is 5.92 Å². The van der Waals surface area contributed by atoms with Gasteiger partial charge in [0, 0.05) is 18.7 Å². The Morgan fingerprint density at radius 3 is 2.68 bits per heavy atom. The summed E-state index contributed by atoms with van der Waals surface area (Å²) >= 11 is 0. The van der Waals surface area contributed by atoms with Crippen molar-refractivity contribution in [3.63, 3.8) is 0 Å². The van der Waals surface area contributed by atoms with Crippen LogP contribution in [-0.4, -0.2) is 36.4 Å². The van der Waals surface area contributed by atoms with Crippen molar-refractivity contribution >= 4 is 11.8 Å². The van der Waals surface area contributed by atoms with Gasteiger partial charge in [-0.25, -0.2) is 0 Å². The highest BCUT2D eigenvalue weighted by atomic mass is 16.5. The number of rotatable bonds is 6. The molecule has 0 saturated carbocycles. The van der Waals surface area contributed by atoms with E-state index in [1.54, 1.807) is 24.3 Å². The minimum atomic E-state index is -0.518. The van der Waals surface area contributed by atoms with E-state index in [-0.39, 0.29) is 12.5 Å². The Bertz CT molecular complexity index is 511. The zero-order chi connectivity index (χ0) is 15.9. The molecule has 1 atom stereocenters. The van der Waals surface area contributed by atoms with Crippen molar-refractivity contribution in [2.45, 2.75) is 32.6 Å². The summed E-state index contributed by atoms with van der Waals surface area (Å²) < 4.78 is 5.20. The minimum absolute atomic E-state index is 0.0715. The summed E-state index contributed by atoms with van der Waals surface area (Å²) in [4.78, 5) is 25.2. The molecule has 2 amide bonds. The quantitative estimate of drug-likeness (QED) is 0.875. The number of piperidine rings is 1. The number of nitrogens with zero attached hydrogens (tertiary/aromatic N) is 1. The number of ether oxygens (including phenoxy) is 1. The normalized spacial score (nSPS) is 18.0. The average molecular weight is 304 g/mol. The maximum atomic E-state index is 12.5. The first-order valence-electron chi connectivity index (χ1n) is 7.90. The maximum Gasteiger partial charge on any atom is 0.255 e. The molecule has 5 heteroatoms. The van der Waals surface area contributed by atoms with Gasteiger partial charge in [-0.2, -0.15) is 0 Å². The van der Waals surface area contributed by atoms with E-state index in [4.69, 9.17) is 10.5 Å². The molecule has 22 heavy (non-hydrogen) atoms. The van der Waals surface area contributed by atoms with Crippen LogP contribution < -0.4 is 10.5 Å². The van der Waals surface area contributed by atoms with Crippen molar-refractivity contribution < 1.29 is 14.3 Å². The molecule has 5 nitrogen and oxygen atoms in total. The number of nitrogens with two attached hydrogens (primary N) is 1. The number of hydrogen-bond acceptors (Lipinski definition) is 3. The van der Waals surface area contributed by atoms with E-state index in [0.717, 1.165) is 19.5 Å². The van der Waals surface area contributed by atoms with E-state index in [1.807, 2.05) is 4.90 Å². The maximum absolute atomic E-state index is 12.5. The molecule has 1 aliphatic heterocycles. The van der Waals surface area contributed by atoms with Gasteiger partial charge in [-0.15, -0.1) is 0 Å².